The fraction of sp³-hybridized carbons (Fsp3) is 0.100. The molecule has 148 valence electrons. The zero-order chi connectivity index (χ0) is 21.0. The predicted octanol–water partition coefficient (Wildman–Crippen LogP) is 1.82. The molecule has 0 aliphatic carbocycles. The van der Waals surface area contributed by atoms with Crippen molar-refractivity contribution in [1.29, 1.82) is 0 Å². The number of para-hydroxylation sites is 2. The van der Waals surface area contributed by atoms with Crippen LogP contribution >= 0.6 is 0 Å². The van der Waals surface area contributed by atoms with Crippen molar-refractivity contribution in [3.63, 3.8) is 0 Å². The van der Waals surface area contributed by atoms with E-state index in [4.69, 9.17) is 14.6 Å². The van der Waals surface area contributed by atoms with Gasteiger partial charge in [-0.15, -0.1) is 0 Å². The SMILES string of the molecule is COc1ccccc1N1C(=O)NC(=O)C(=Cc2ccc(OCC(=O)O)cc2)C1=O. The van der Waals surface area contributed by atoms with Crippen LogP contribution in [0, 0.1) is 0 Å². The van der Waals surface area contributed by atoms with Gasteiger partial charge in [-0.05, 0) is 35.9 Å². The van der Waals surface area contributed by atoms with Crippen molar-refractivity contribution < 1.29 is 33.8 Å². The van der Waals surface area contributed by atoms with E-state index >= 15 is 0 Å². The number of anilines is 1. The molecular weight excluding hydrogens is 380 g/mol. The molecule has 0 radical (unpaired) electrons. The highest BCUT2D eigenvalue weighted by Gasteiger charge is 2.38. The number of carboxylic acids is 1. The molecule has 0 atom stereocenters. The number of nitrogens with one attached hydrogen (secondary N) is 1. The summed E-state index contributed by atoms with van der Waals surface area (Å²) in [5, 5.41) is 10.8. The number of imide groups is 2. The molecule has 1 heterocycles. The molecule has 9 heteroatoms. The highest BCUT2D eigenvalue weighted by Crippen LogP contribution is 2.30. The normalized spacial score (nSPS) is 15.3. The Morgan fingerprint density at radius 3 is 2.45 bits per heavy atom. The van der Waals surface area contributed by atoms with E-state index in [9.17, 15) is 19.2 Å². The molecule has 2 aromatic rings. The van der Waals surface area contributed by atoms with E-state index < -0.39 is 30.4 Å². The summed E-state index contributed by atoms with van der Waals surface area (Å²) in [5.74, 6) is -2.11. The molecule has 0 unspecified atom stereocenters. The van der Waals surface area contributed by atoms with Gasteiger partial charge in [0, 0.05) is 0 Å². The first-order valence-electron chi connectivity index (χ1n) is 8.40. The molecule has 0 spiro atoms. The Labute approximate surface area is 165 Å². The lowest BCUT2D eigenvalue weighted by molar-refractivity contribution is -0.139. The second kappa shape index (κ2) is 8.26. The number of ether oxygens (including phenoxy) is 2. The molecular formula is C20H16N2O7. The van der Waals surface area contributed by atoms with Gasteiger partial charge in [0.2, 0.25) is 0 Å². The van der Waals surface area contributed by atoms with Gasteiger partial charge in [0.15, 0.2) is 6.61 Å². The smallest absolute Gasteiger partial charge is 0.341 e. The maximum absolute atomic E-state index is 12.9. The van der Waals surface area contributed by atoms with Gasteiger partial charge in [-0.1, -0.05) is 24.3 Å². The number of hydrogen-bond acceptors (Lipinski definition) is 6. The fourth-order valence-corrected chi connectivity index (χ4v) is 2.66. The van der Waals surface area contributed by atoms with E-state index in [1.165, 1.54) is 31.4 Å². The number of carbonyl (C=O) groups excluding carboxylic acids is 3. The van der Waals surface area contributed by atoms with E-state index in [-0.39, 0.29) is 11.3 Å². The van der Waals surface area contributed by atoms with Gasteiger partial charge >= 0.3 is 12.0 Å². The summed E-state index contributed by atoms with van der Waals surface area (Å²) in [5.41, 5.74) is 0.448. The second-order valence-corrected chi connectivity index (χ2v) is 5.88. The maximum Gasteiger partial charge on any atom is 0.341 e. The second-order valence-electron chi connectivity index (χ2n) is 5.88. The molecule has 1 saturated heterocycles. The standard InChI is InChI=1S/C20H16N2O7/c1-28-16-5-3-2-4-15(16)22-19(26)14(18(25)21-20(22)27)10-12-6-8-13(9-7-12)29-11-17(23)24/h2-10H,11H2,1H3,(H,23,24)(H,21,25,27). The molecule has 2 aromatic carbocycles. The molecule has 9 nitrogen and oxygen atoms in total. The lowest BCUT2D eigenvalue weighted by Gasteiger charge is -2.27. The molecule has 0 bridgehead atoms. The van der Waals surface area contributed by atoms with E-state index in [0.29, 0.717) is 17.1 Å². The van der Waals surface area contributed by atoms with Crippen LogP contribution in [0.4, 0.5) is 10.5 Å². The third-order valence-electron chi connectivity index (χ3n) is 3.98. The Bertz CT molecular complexity index is 1010. The van der Waals surface area contributed by atoms with Crippen molar-refractivity contribution in [1.82, 2.24) is 5.32 Å². The number of nitrogens with zero attached hydrogens (tertiary/aromatic N) is 1. The Balaban J connectivity index is 1.90. The molecule has 1 fully saturated rings. The number of urea groups is 1. The maximum atomic E-state index is 12.9. The number of benzene rings is 2. The number of carboxylic acid groups (broad SMARTS) is 1. The summed E-state index contributed by atoms with van der Waals surface area (Å²) >= 11 is 0. The average Bonchev–Trinajstić information content (AvgIpc) is 2.70. The van der Waals surface area contributed by atoms with E-state index in [1.807, 2.05) is 0 Å². The minimum Gasteiger partial charge on any atom is -0.495 e. The summed E-state index contributed by atoms with van der Waals surface area (Å²) in [6.45, 7) is -0.489. The van der Waals surface area contributed by atoms with Crippen LogP contribution in [0.1, 0.15) is 5.56 Å². The Morgan fingerprint density at radius 1 is 1.10 bits per heavy atom. The summed E-state index contributed by atoms with van der Waals surface area (Å²) in [7, 11) is 1.40. The lowest BCUT2D eigenvalue weighted by Crippen LogP contribution is -2.54. The van der Waals surface area contributed by atoms with E-state index in [0.717, 1.165) is 4.90 Å². The third kappa shape index (κ3) is 4.24. The van der Waals surface area contributed by atoms with Gasteiger partial charge in [-0.25, -0.2) is 14.5 Å². The number of methoxy groups -OCH3 is 1. The predicted molar refractivity (Wildman–Crippen MR) is 102 cm³/mol. The topological polar surface area (TPSA) is 122 Å². The molecule has 1 aliphatic heterocycles. The number of hydrogen-bond donors (Lipinski definition) is 2. The number of rotatable bonds is 6. The molecule has 3 rings (SSSR count). The van der Waals surface area contributed by atoms with Crippen molar-refractivity contribution in [2.75, 3.05) is 18.6 Å². The summed E-state index contributed by atoms with van der Waals surface area (Å²) < 4.78 is 10.2. The van der Waals surface area contributed by atoms with Crippen LogP contribution in [0.15, 0.2) is 54.1 Å². The van der Waals surface area contributed by atoms with Gasteiger partial charge in [0.05, 0.1) is 12.8 Å². The van der Waals surface area contributed by atoms with E-state index in [1.54, 1.807) is 30.3 Å². The van der Waals surface area contributed by atoms with Crippen LogP contribution in [0.2, 0.25) is 0 Å². The van der Waals surface area contributed by atoms with Crippen molar-refractivity contribution >= 4 is 35.6 Å². The van der Waals surface area contributed by atoms with Crippen LogP contribution in [-0.2, 0) is 14.4 Å². The average molecular weight is 396 g/mol. The van der Waals surface area contributed by atoms with Crippen LogP contribution in [0.3, 0.4) is 0 Å². The first-order chi connectivity index (χ1) is 13.9. The fourth-order valence-electron chi connectivity index (χ4n) is 2.66. The largest absolute Gasteiger partial charge is 0.495 e. The highest BCUT2D eigenvalue weighted by molar-refractivity contribution is 6.39. The molecule has 1 aliphatic rings. The Kier molecular flexibility index (Phi) is 5.59. The van der Waals surface area contributed by atoms with Crippen molar-refractivity contribution in [3.8, 4) is 11.5 Å². The highest BCUT2D eigenvalue weighted by atomic mass is 16.5. The molecule has 0 saturated carbocycles. The van der Waals surface area contributed by atoms with Gasteiger partial charge in [0.1, 0.15) is 17.1 Å². The minimum absolute atomic E-state index is 0.202. The zero-order valence-electron chi connectivity index (χ0n) is 15.2. The zero-order valence-corrected chi connectivity index (χ0v) is 15.2. The van der Waals surface area contributed by atoms with Crippen LogP contribution in [0.25, 0.3) is 6.08 Å². The van der Waals surface area contributed by atoms with Crippen LogP contribution < -0.4 is 19.7 Å². The first kappa shape index (κ1) is 19.6. The molecule has 4 amide bonds. The quantitative estimate of drug-likeness (QED) is 0.564. The monoisotopic (exact) mass is 396 g/mol. The van der Waals surface area contributed by atoms with Gasteiger partial charge in [-0.3, -0.25) is 14.9 Å². The number of aliphatic carboxylic acids is 1. The lowest BCUT2D eigenvalue weighted by atomic mass is 10.1. The number of amides is 4. The van der Waals surface area contributed by atoms with Gasteiger partial charge < -0.3 is 14.6 Å². The third-order valence-corrected chi connectivity index (χ3v) is 3.98. The summed E-state index contributed by atoms with van der Waals surface area (Å²) in [6.07, 6.45) is 1.33. The van der Waals surface area contributed by atoms with Crippen molar-refractivity contribution in [2.24, 2.45) is 0 Å². The molecule has 29 heavy (non-hydrogen) atoms. The number of carbonyl (C=O) groups is 4. The summed E-state index contributed by atoms with van der Waals surface area (Å²) in [6, 6.07) is 11.7. The Hall–Kier alpha value is -4.14. The number of barbiturate groups is 1. The molecule has 0 aromatic heterocycles. The van der Waals surface area contributed by atoms with Crippen molar-refractivity contribution in [2.45, 2.75) is 0 Å². The van der Waals surface area contributed by atoms with Crippen molar-refractivity contribution in [3.05, 3.63) is 59.7 Å². The summed E-state index contributed by atoms with van der Waals surface area (Å²) in [4.78, 5) is 48.8. The van der Waals surface area contributed by atoms with Gasteiger partial charge in [-0.2, -0.15) is 0 Å². The van der Waals surface area contributed by atoms with Crippen LogP contribution in [-0.4, -0.2) is 42.6 Å². The van der Waals surface area contributed by atoms with Gasteiger partial charge in [0.25, 0.3) is 11.8 Å². The molecule has 2 N–H and O–H groups in total. The first-order valence-corrected chi connectivity index (χ1v) is 8.40. The van der Waals surface area contributed by atoms with E-state index in [2.05, 4.69) is 5.32 Å². The van der Waals surface area contributed by atoms with Crippen LogP contribution in [0.5, 0.6) is 11.5 Å². The Morgan fingerprint density at radius 2 is 1.79 bits per heavy atom. The minimum atomic E-state index is -1.11.